The van der Waals surface area contributed by atoms with E-state index in [9.17, 15) is 4.79 Å². The van der Waals surface area contributed by atoms with Crippen LogP contribution in [0.1, 0.15) is 11.1 Å². The number of benzene rings is 1. The molecule has 0 aliphatic carbocycles. The van der Waals surface area contributed by atoms with Crippen LogP contribution in [-0.4, -0.2) is 4.57 Å². The quantitative estimate of drug-likeness (QED) is 0.647. The van der Waals surface area contributed by atoms with Gasteiger partial charge in [-0.1, -0.05) is 11.6 Å². The molecule has 3 heteroatoms. The fourth-order valence-corrected chi connectivity index (χ4v) is 1.69. The van der Waals surface area contributed by atoms with Gasteiger partial charge in [-0.05, 0) is 19.1 Å². The van der Waals surface area contributed by atoms with Crippen LogP contribution in [0.25, 0.3) is 10.9 Å². The van der Waals surface area contributed by atoms with Crippen molar-refractivity contribution in [3.8, 4) is 6.07 Å². The van der Waals surface area contributed by atoms with Gasteiger partial charge < -0.3 is 4.57 Å². The van der Waals surface area contributed by atoms with Gasteiger partial charge in [-0.3, -0.25) is 4.79 Å². The van der Waals surface area contributed by atoms with Crippen molar-refractivity contribution >= 4 is 10.9 Å². The van der Waals surface area contributed by atoms with E-state index in [4.69, 9.17) is 5.26 Å². The highest BCUT2D eigenvalue weighted by atomic mass is 16.1. The largest absolute Gasteiger partial charge is 0.349 e. The van der Waals surface area contributed by atoms with Gasteiger partial charge in [-0.15, -0.1) is 0 Å². The van der Waals surface area contributed by atoms with E-state index < -0.39 is 0 Å². The summed E-state index contributed by atoms with van der Waals surface area (Å²) in [5, 5.41) is 9.42. The topological polar surface area (TPSA) is 45.8 Å². The molecule has 1 heterocycles. The van der Waals surface area contributed by atoms with Crippen LogP contribution in [0, 0.1) is 18.3 Å². The van der Waals surface area contributed by atoms with Crippen molar-refractivity contribution < 1.29 is 0 Å². The molecule has 3 nitrogen and oxygen atoms in total. The van der Waals surface area contributed by atoms with Crippen LogP contribution in [0.2, 0.25) is 0 Å². The van der Waals surface area contributed by atoms with Crippen molar-refractivity contribution in [2.24, 2.45) is 7.05 Å². The van der Waals surface area contributed by atoms with E-state index >= 15 is 0 Å². The lowest BCUT2D eigenvalue weighted by Gasteiger charge is -2.05. The average molecular weight is 198 g/mol. The maximum absolute atomic E-state index is 11.8. The smallest absolute Gasteiger partial charge is 0.207 e. The zero-order valence-corrected chi connectivity index (χ0v) is 8.61. The number of hydrogen-bond acceptors (Lipinski definition) is 2. The Labute approximate surface area is 87.2 Å². The summed E-state index contributed by atoms with van der Waals surface area (Å²) in [7, 11) is 1.83. The fourth-order valence-electron chi connectivity index (χ4n) is 1.69. The third-order valence-corrected chi connectivity index (χ3v) is 2.46. The molecular weight excluding hydrogens is 188 g/mol. The summed E-state index contributed by atoms with van der Waals surface area (Å²) in [6.45, 7) is 1.93. The van der Waals surface area contributed by atoms with Crippen molar-refractivity contribution in [2.75, 3.05) is 0 Å². The number of aryl methyl sites for hydroxylation is 2. The minimum absolute atomic E-state index is 0.186. The molecule has 74 valence electrons. The Morgan fingerprint density at radius 1 is 1.40 bits per heavy atom. The van der Waals surface area contributed by atoms with Crippen LogP contribution in [0.3, 0.4) is 0 Å². The van der Waals surface area contributed by atoms with Gasteiger partial charge in [0.1, 0.15) is 11.6 Å². The van der Waals surface area contributed by atoms with Crippen molar-refractivity contribution in [3.63, 3.8) is 0 Å². The second-order valence-electron chi connectivity index (χ2n) is 3.62. The number of nitrogens with zero attached hydrogens (tertiary/aromatic N) is 2. The zero-order chi connectivity index (χ0) is 11.0. The Balaban J connectivity index is 3.03. The predicted molar refractivity (Wildman–Crippen MR) is 58.6 cm³/mol. The van der Waals surface area contributed by atoms with Crippen LogP contribution in [0.5, 0.6) is 0 Å². The second kappa shape index (κ2) is 3.25. The lowest BCUT2D eigenvalue weighted by Crippen LogP contribution is -2.11. The predicted octanol–water partition coefficient (Wildman–Crippen LogP) is 1.72. The number of rotatable bonds is 0. The van der Waals surface area contributed by atoms with Crippen LogP contribution in [-0.2, 0) is 7.05 Å². The molecule has 1 aromatic carbocycles. The van der Waals surface area contributed by atoms with Gasteiger partial charge in [0.05, 0.1) is 5.52 Å². The SMILES string of the molecule is Cc1ccc2c(c1)c(=O)c(C#N)cn2C. The van der Waals surface area contributed by atoms with E-state index in [1.54, 1.807) is 10.8 Å². The molecule has 0 atom stereocenters. The van der Waals surface area contributed by atoms with E-state index in [0.29, 0.717) is 5.39 Å². The molecule has 2 rings (SSSR count). The van der Waals surface area contributed by atoms with Gasteiger partial charge in [0.25, 0.3) is 0 Å². The summed E-state index contributed by atoms with van der Waals surface area (Å²) in [4.78, 5) is 11.8. The van der Waals surface area contributed by atoms with Gasteiger partial charge in [0.15, 0.2) is 0 Å². The minimum atomic E-state index is -0.186. The number of aromatic nitrogens is 1. The lowest BCUT2D eigenvalue weighted by molar-refractivity contribution is 0.945. The monoisotopic (exact) mass is 198 g/mol. The first kappa shape index (κ1) is 9.47. The van der Waals surface area contributed by atoms with Crippen molar-refractivity contribution in [3.05, 3.63) is 45.7 Å². The molecule has 2 aromatic rings. The highest BCUT2D eigenvalue weighted by molar-refractivity contribution is 5.80. The lowest BCUT2D eigenvalue weighted by atomic mass is 10.1. The van der Waals surface area contributed by atoms with Crippen molar-refractivity contribution in [1.29, 1.82) is 5.26 Å². The van der Waals surface area contributed by atoms with E-state index in [2.05, 4.69) is 0 Å². The highest BCUT2D eigenvalue weighted by Gasteiger charge is 2.06. The number of pyridine rings is 1. The zero-order valence-electron chi connectivity index (χ0n) is 8.61. The third kappa shape index (κ3) is 1.40. The van der Waals surface area contributed by atoms with E-state index in [0.717, 1.165) is 11.1 Å². The molecule has 0 aliphatic rings. The minimum Gasteiger partial charge on any atom is -0.349 e. The molecule has 0 spiro atoms. The molecule has 0 fully saturated rings. The molecule has 15 heavy (non-hydrogen) atoms. The van der Waals surface area contributed by atoms with E-state index in [1.165, 1.54) is 0 Å². The summed E-state index contributed by atoms with van der Waals surface area (Å²) in [6, 6.07) is 7.58. The maximum atomic E-state index is 11.8. The molecule has 0 N–H and O–H groups in total. The molecule has 0 unspecified atom stereocenters. The summed E-state index contributed by atoms with van der Waals surface area (Å²) in [6.07, 6.45) is 1.57. The first-order chi connectivity index (χ1) is 7.13. The van der Waals surface area contributed by atoms with Gasteiger partial charge in [-0.25, -0.2) is 0 Å². The first-order valence-corrected chi connectivity index (χ1v) is 4.63. The van der Waals surface area contributed by atoms with E-state index in [-0.39, 0.29) is 11.0 Å². The maximum Gasteiger partial charge on any atom is 0.207 e. The second-order valence-corrected chi connectivity index (χ2v) is 3.62. The average Bonchev–Trinajstić information content (AvgIpc) is 2.23. The Morgan fingerprint density at radius 2 is 2.13 bits per heavy atom. The Hall–Kier alpha value is -2.08. The summed E-state index contributed by atoms with van der Waals surface area (Å²) in [5.74, 6) is 0. The molecule has 0 bridgehead atoms. The highest BCUT2D eigenvalue weighted by Crippen LogP contribution is 2.12. The normalized spacial score (nSPS) is 10.2. The van der Waals surface area contributed by atoms with Crippen LogP contribution in [0.4, 0.5) is 0 Å². The molecule has 0 saturated heterocycles. The molecule has 0 saturated carbocycles. The van der Waals surface area contributed by atoms with E-state index in [1.807, 2.05) is 38.2 Å². The number of fused-ring (bicyclic) bond motifs is 1. The Bertz CT molecular complexity index is 632. The first-order valence-electron chi connectivity index (χ1n) is 4.63. The standard InChI is InChI=1S/C12H10N2O/c1-8-3-4-11-10(5-8)12(15)9(6-13)7-14(11)2/h3-5,7H,1-2H3. The summed E-state index contributed by atoms with van der Waals surface area (Å²) < 4.78 is 1.80. The molecule has 0 radical (unpaired) electrons. The molecule has 1 aromatic heterocycles. The van der Waals surface area contributed by atoms with Gasteiger partial charge >= 0.3 is 0 Å². The van der Waals surface area contributed by atoms with Crippen LogP contribution in [0.15, 0.2) is 29.2 Å². The molecule has 0 aliphatic heterocycles. The van der Waals surface area contributed by atoms with Crippen molar-refractivity contribution in [1.82, 2.24) is 4.57 Å². The number of hydrogen-bond donors (Lipinski definition) is 0. The van der Waals surface area contributed by atoms with Crippen LogP contribution >= 0.6 is 0 Å². The van der Waals surface area contributed by atoms with Gasteiger partial charge in [0, 0.05) is 18.6 Å². The molecule has 0 amide bonds. The Kier molecular flexibility index (Phi) is 2.05. The Morgan fingerprint density at radius 3 is 2.80 bits per heavy atom. The summed E-state index contributed by atoms with van der Waals surface area (Å²) >= 11 is 0. The third-order valence-electron chi connectivity index (χ3n) is 2.46. The van der Waals surface area contributed by atoms with Crippen LogP contribution < -0.4 is 5.43 Å². The number of nitriles is 1. The van der Waals surface area contributed by atoms with Gasteiger partial charge in [0.2, 0.25) is 5.43 Å². The summed E-state index contributed by atoms with van der Waals surface area (Å²) in [5.41, 5.74) is 1.88. The van der Waals surface area contributed by atoms with Crippen molar-refractivity contribution in [2.45, 2.75) is 6.92 Å². The van der Waals surface area contributed by atoms with Gasteiger partial charge in [-0.2, -0.15) is 5.26 Å². The fraction of sp³-hybridized carbons (Fsp3) is 0.167. The molecular formula is C12H10N2O.